The number of hydrogen-bond donors (Lipinski definition) is 1. The first kappa shape index (κ1) is 13.5. The number of fused-ring (bicyclic) bond motifs is 1. The summed E-state index contributed by atoms with van der Waals surface area (Å²) in [6.07, 6.45) is 0.708. The Labute approximate surface area is 116 Å². The maximum Gasteiger partial charge on any atom is 0.280 e. The lowest BCUT2D eigenvalue weighted by Crippen LogP contribution is -2.46. The molecule has 0 aromatic heterocycles. The molecule has 5 nitrogen and oxygen atoms in total. The van der Waals surface area contributed by atoms with Gasteiger partial charge in [0, 0.05) is 0 Å². The number of benzene rings is 1. The summed E-state index contributed by atoms with van der Waals surface area (Å²) >= 11 is 4.97. The molecule has 0 fully saturated rings. The van der Waals surface area contributed by atoms with Gasteiger partial charge in [-0.3, -0.25) is 9.59 Å². The molecule has 0 radical (unpaired) electrons. The fraction of sp³-hybridized carbons (Fsp3) is 0.308. The van der Waals surface area contributed by atoms with Crippen LogP contribution >= 0.6 is 12.2 Å². The lowest BCUT2D eigenvalue weighted by molar-refractivity contribution is 0.0585. The molecule has 6 heteroatoms. The molecule has 1 aliphatic rings. The molecule has 1 aromatic rings. The van der Waals surface area contributed by atoms with Crippen LogP contribution < -0.4 is 5.43 Å². The summed E-state index contributed by atoms with van der Waals surface area (Å²) in [6.45, 7) is 3.81. The van der Waals surface area contributed by atoms with Gasteiger partial charge in [0.1, 0.15) is 0 Å². The van der Waals surface area contributed by atoms with Crippen molar-refractivity contribution < 1.29 is 14.3 Å². The maximum absolute atomic E-state index is 12.0. The highest BCUT2D eigenvalue weighted by Gasteiger charge is 2.36. The summed E-state index contributed by atoms with van der Waals surface area (Å²) in [4.78, 5) is 24.1. The van der Waals surface area contributed by atoms with Crippen molar-refractivity contribution in [3.63, 3.8) is 0 Å². The number of nitrogens with zero attached hydrogens (tertiary/aromatic N) is 1. The molecule has 1 N–H and O–H groups in total. The van der Waals surface area contributed by atoms with E-state index >= 15 is 0 Å². The van der Waals surface area contributed by atoms with Gasteiger partial charge in [0.2, 0.25) is 0 Å². The average molecular weight is 278 g/mol. The third-order valence-corrected chi connectivity index (χ3v) is 3.07. The Hall–Kier alpha value is -1.95. The Kier molecular flexibility index (Phi) is 3.80. The van der Waals surface area contributed by atoms with Crippen molar-refractivity contribution in [2.75, 3.05) is 0 Å². The molecule has 0 bridgehead atoms. The lowest BCUT2D eigenvalue weighted by Gasteiger charge is -2.19. The van der Waals surface area contributed by atoms with Crippen LogP contribution in [-0.2, 0) is 4.74 Å². The van der Waals surface area contributed by atoms with Crippen molar-refractivity contribution in [2.24, 2.45) is 0 Å². The number of carbonyl (C=O) groups is 2. The van der Waals surface area contributed by atoms with Crippen LogP contribution in [0.2, 0.25) is 0 Å². The van der Waals surface area contributed by atoms with Gasteiger partial charge in [-0.05, 0) is 37.7 Å². The summed E-state index contributed by atoms with van der Waals surface area (Å²) < 4.78 is 5.33. The number of thiocarbonyl (C=S) groups is 1. The molecule has 100 valence electrons. The van der Waals surface area contributed by atoms with E-state index < -0.39 is 11.8 Å². The van der Waals surface area contributed by atoms with Crippen molar-refractivity contribution >= 4 is 29.2 Å². The first-order valence-corrected chi connectivity index (χ1v) is 6.40. The second kappa shape index (κ2) is 5.36. The molecule has 19 heavy (non-hydrogen) atoms. The van der Waals surface area contributed by atoms with Gasteiger partial charge in [0.25, 0.3) is 17.0 Å². The molecule has 1 unspecified atom stereocenters. The number of ether oxygens (including phenoxy) is 1. The number of imide groups is 1. The molecule has 0 aliphatic carbocycles. The van der Waals surface area contributed by atoms with Crippen LogP contribution in [0.1, 0.15) is 41.0 Å². The van der Waals surface area contributed by atoms with Crippen molar-refractivity contribution in [2.45, 2.75) is 26.4 Å². The van der Waals surface area contributed by atoms with E-state index in [1.165, 1.54) is 0 Å². The van der Waals surface area contributed by atoms with E-state index in [1.54, 1.807) is 24.3 Å². The van der Waals surface area contributed by atoms with E-state index in [0.717, 1.165) is 11.4 Å². The third-order valence-electron chi connectivity index (χ3n) is 2.88. The normalized spacial score (nSPS) is 15.2. The van der Waals surface area contributed by atoms with Crippen LogP contribution in [-0.4, -0.2) is 28.1 Å². The summed E-state index contributed by atoms with van der Waals surface area (Å²) in [5.41, 5.74) is 3.27. The molecule has 2 rings (SSSR count). The van der Waals surface area contributed by atoms with Crippen molar-refractivity contribution in [1.82, 2.24) is 10.4 Å². The summed E-state index contributed by atoms with van der Waals surface area (Å²) in [5, 5.41) is 0.902. The van der Waals surface area contributed by atoms with Crippen LogP contribution in [0, 0.1) is 0 Å². The maximum atomic E-state index is 12.0. The fourth-order valence-corrected chi connectivity index (χ4v) is 1.93. The number of nitrogens with one attached hydrogen (secondary N) is 1. The number of rotatable bonds is 3. The summed E-state index contributed by atoms with van der Waals surface area (Å²) in [6, 6.07) is 6.63. The zero-order chi connectivity index (χ0) is 14.0. The number of amides is 2. The van der Waals surface area contributed by atoms with Crippen LogP contribution in [0.25, 0.3) is 0 Å². The fourth-order valence-electron chi connectivity index (χ4n) is 1.67. The molecule has 2 amide bonds. The average Bonchev–Trinajstić information content (AvgIpc) is 2.64. The summed E-state index contributed by atoms with van der Waals surface area (Å²) in [5.74, 6) is -0.841. The van der Waals surface area contributed by atoms with E-state index in [4.69, 9.17) is 17.0 Å². The van der Waals surface area contributed by atoms with E-state index in [9.17, 15) is 9.59 Å². The number of carbonyl (C=O) groups excluding carboxylic acids is 2. The highest BCUT2D eigenvalue weighted by atomic mass is 32.1. The highest BCUT2D eigenvalue weighted by Crippen LogP contribution is 2.20. The Balaban J connectivity index is 2.10. The van der Waals surface area contributed by atoms with Gasteiger partial charge in [-0.15, -0.1) is 0 Å². The quantitative estimate of drug-likeness (QED) is 0.676. The third kappa shape index (κ3) is 2.58. The Morgan fingerprint density at radius 1 is 1.32 bits per heavy atom. The van der Waals surface area contributed by atoms with E-state index in [1.807, 2.05) is 13.8 Å². The molecule has 1 heterocycles. The molecule has 1 aliphatic heterocycles. The van der Waals surface area contributed by atoms with Crippen molar-refractivity contribution in [3.8, 4) is 0 Å². The zero-order valence-electron chi connectivity index (χ0n) is 10.7. The Morgan fingerprint density at radius 3 is 2.32 bits per heavy atom. The molecular weight excluding hydrogens is 264 g/mol. The first-order chi connectivity index (χ1) is 9.04. The van der Waals surface area contributed by atoms with Crippen molar-refractivity contribution in [1.29, 1.82) is 0 Å². The van der Waals surface area contributed by atoms with Gasteiger partial charge < -0.3 is 4.74 Å². The van der Waals surface area contributed by atoms with Gasteiger partial charge in [0.05, 0.1) is 17.2 Å². The SMILES string of the molecule is CCC(C)OC(=S)NN1C(=O)c2ccccc2C1=O. The van der Waals surface area contributed by atoms with Crippen molar-refractivity contribution in [3.05, 3.63) is 35.4 Å². The van der Waals surface area contributed by atoms with Gasteiger partial charge >= 0.3 is 0 Å². The largest absolute Gasteiger partial charge is 0.467 e. The molecule has 0 saturated heterocycles. The molecule has 1 atom stereocenters. The van der Waals surface area contributed by atoms with E-state index in [2.05, 4.69) is 5.43 Å². The van der Waals surface area contributed by atoms with Crippen LogP contribution in [0.3, 0.4) is 0 Å². The monoisotopic (exact) mass is 278 g/mol. The molecular formula is C13H14N2O3S. The van der Waals surface area contributed by atoms with Gasteiger partial charge in [-0.1, -0.05) is 19.1 Å². The van der Waals surface area contributed by atoms with Crippen LogP contribution in [0.15, 0.2) is 24.3 Å². The molecule has 1 aromatic carbocycles. The minimum absolute atomic E-state index is 0.0175. The van der Waals surface area contributed by atoms with E-state index in [0.29, 0.717) is 11.1 Å². The lowest BCUT2D eigenvalue weighted by atomic mass is 10.1. The Morgan fingerprint density at radius 2 is 1.84 bits per heavy atom. The van der Waals surface area contributed by atoms with Crippen LogP contribution in [0.4, 0.5) is 0 Å². The smallest absolute Gasteiger partial charge is 0.280 e. The highest BCUT2D eigenvalue weighted by molar-refractivity contribution is 7.80. The molecule has 0 saturated carbocycles. The Bertz CT molecular complexity index is 509. The standard InChI is InChI=1S/C13H14N2O3S/c1-3-8(2)18-13(19)14-15-11(16)9-6-4-5-7-10(9)12(15)17/h4-8H,3H2,1-2H3,(H,14,19). The first-order valence-electron chi connectivity index (χ1n) is 5.99. The van der Waals surface area contributed by atoms with Crippen LogP contribution in [0.5, 0.6) is 0 Å². The summed E-state index contributed by atoms with van der Waals surface area (Å²) in [7, 11) is 0. The number of hydrogen-bond acceptors (Lipinski definition) is 4. The zero-order valence-corrected chi connectivity index (χ0v) is 11.5. The minimum Gasteiger partial charge on any atom is -0.467 e. The van der Waals surface area contributed by atoms with Gasteiger partial charge in [-0.25, -0.2) is 5.43 Å². The minimum atomic E-state index is -0.421. The number of hydrazine groups is 1. The second-order valence-corrected chi connectivity index (χ2v) is 4.60. The predicted octanol–water partition coefficient (Wildman–Crippen LogP) is 1.89. The molecule has 0 spiro atoms. The van der Waals surface area contributed by atoms with Gasteiger partial charge in [-0.2, -0.15) is 5.01 Å². The second-order valence-electron chi connectivity index (χ2n) is 4.23. The van der Waals surface area contributed by atoms with Gasteiger partial charge in [0.15, 0.2) is 0 Å². The van der Waals surface area contributed by atoms with E-state index in [-0.39, 0.29) is 11.3 Å². The topological polar surface area (TPSA) is 58.6 Å². The predicted molar refractivity (Wildman–Crippen MR) is 73.5 cm³/mol.